The van der Waals surface area contributed by atoms with Gasteiger partial charge in [-0.2, -0.15) is 0 Å². The largest absolute Gasteiger partial charge is 0.279 e. The Morgan fingerprint density at radius 3 is 1.73 bits per heavy atom. The van der Waals surface area contributed by atoms with Crippen molar-refractivity contribution in [1.82, 2.24) is 18.9 Å². The molecule has 0 N–H and O–H groups in total. The Morgan fingerprint density at radius 2 is 0.959 bits per heavy atom. The van der Waals surface area contributed by atoms with Crippen LogP contribution in [-0.4, -0.2) is 18.9 Å². The molecule has 0 amide bonds. The van der Waals surface area contributed by atoms with Gasteiger partial charge in [-0.1, -0.05) is 91.0 Å². The van der Waals surface area contributed by atoms with Crippen LogP contribution < -0.4 is 0 Å². The number of nitrogens with zero attached hydrogens (tertiary/aromatic N) is 4. The van der Waals surface area contributed by atoms with E-state index in [0.717, 1.165) is 44.6 Å². The monoisotopic (exact) mass is 642 g/mol. The summed E-state index contributed by atoms with van der Waals surface area (Å²) in [6.45, 7) is 0. The summed E-state index contributed by atoms with van der Waals surface area (Å²) in [5.41, 5.74) is 11.0. The number of imidazole rings is 1. The van der Waals surface area contributed by atoms with Crippen molar-refractivity contribution in [3.8, 4) is 28.2 Å². The molecule has 0 saturated carbocycles. The van der Waals surface area contributed by atoms with Crippen LogP contribution in [0.1, 0.15) is 0 Å². The molecular formula is C44H26N4S. The van der Waals surface area contributed by atoms with Crippen molar-refractivity contribution in [3.05, 3.63) is 158 Å². The lowest BCUT2D eigenvalue weighted by Gasteiger charge is -2.12. The van der Waals surface area contributed by atoms with Crippen LogP contribution >= 0.6 is 11.3 Å². The summed E-state index contributed by atoms with van der Waals surface area (Å²) in [4.78, 5) is 10.4. The Bertz CT molecular complexity index is 3110. The molecule has 0 saturated heterocycles. The molecule has 0 spiro atoms. The summed E-state index contributed by atoms with van der Waals surface area (Å²) in [5, 5.41) is 6.04. The number of hydrogen-bond acceptors (Lipinski definition) is 3. The standard InChI is InChI=1S/C44H26N4S/c1-2-10-27(11-3-1)28-19-22-41-34(25-28)35-26-30(20-23-42(35)49-41)29-18-21-39-33(24-29)31-12-5-8-16-38(31)47(39)44-46-36-14-6-4-13-32(36)43-45-37-15-7-9-17-40(37)48(43)44/h1-26H. The lowest BCUT2D eigenvalue weighted by Crippen LogP contribution is -2.06. The fourth-order valence-electron chi connectivity index (χ4n) is 7.61. The van der Waals surface area contributed by atoms with E-state index in [1.165, 1.54) is 53.2 Å². The molecule has 4 nitrogen and oxygen atoms in total. The van der Waals surface area contributed by atoms with E-state index in [-0.39, 0.29) is 0 Å². The molecule has 228 valence electrons. The van der Waals surface area contributed by atoms with E-state index in [0.29, 0.717) is 0 Å². The molecule has 0 aliphatic heterocycles. The van der Waals surface area contributed by atoms with Gasteiger partial charge in [0.05, 0.1) is 27.6 Å². The predicted octanol–water partition coefficient (Wildman–Crippen LogP) is 11.8. The highest BCUT2D eigenvalue weighted by atomic mass is 32.1. The van der Waals surface area contributed by atoms with E-state index in [4.69, 9.17) is 9.97 Å². The first-order chi connectivity index (χ1) is 24.3. The summed E-state index contributed by atoms with van der Waals surface area (Å²) in [6.07, 6.45) is 0. The summed E-state index contributed by atoms with van der Waals surface area (Å²) in [6, 6.07) is 56.6. The van der Waals surface area contributed by atoms with Gasteiger partial charge in [0.1, 0.15) is 5.65 Å². The first-order valence-corrected chi connectivity index (χ1v) is 17.3. The molecule has 49 heavy (non-hydrogen) atoms. The van der Waals surface area contributed by atoms with E-state index in [9.17, 15) is 0 Å². The number of para-hydroxylation sites is 4. The summed E-state index contributed by atoms with van der Waals surface area (Å²) >= 11 is 1.86. The van der Waals surface area contributed by atoms with Gasteiger partial charge < -0.3 is 0 Å². The van der Waals surface area contributed by atoms with Crippen LogP contribution in [0.4, 0.5) is 0 Å². The topological polar surface area (TPSA) is 35.1 Å². The Labute approximate surface area is 284 Å². The van der Waals surface area contributed by atoms with Crippen molar-refractivity contribution >= 4 is 80.9 Å². The third-order valence-electron chi connectivity index (χ3n) is 9.91. The zero-order valence-electron chi connectivity index (χ0n) is 26.2. The number of fused-ring (bicyclic) bond motifs is 11. The molecule has 11 aromatic rings. The second-order valence-electron chi connectivity index (χ2n) is 12.7. The van der Waals surface area contributed by atoms with E-state index in [2.05, 4.69) is 155 Å². The molecule has 0 atom stereocenters. The molecule has 4 heterocycles. The van der Waals surface area contributed by atoms with E-state index in [1.807, 2.05) is 23.5 Å². The molecule has 4 aromatic heterocycles. The molecule has 0 fully saturated rings. The minimum absolute atomic E-state index is 0.835. The maximum Gasteiger partial charge on any atom is 0.221 e. The third kappa shape index (κ3) is 3.91. The van der Waals surface area contributed by atoms with Crippen molar-refractivity contribution in [2.24, 2.45) is 0 Å². The van der Waals surface area contributed by atoms with Gasteiger partial charge in [0, 0.05) is 36.3 Å². The normalized spacial score (nSPS) is 12.1. The molecule has 0 bridgehead atoms. The average molecular weight is 643 g/mol. The highest BCUT2D eigenvalue weighted by Crippen LogP contribution is 2.40. The van der Waals surface area contributed by atoms with Gasteiger partial charge in [-0.25, -0.2) is 9.97 Å². The molecule has 0 aliphatic carbocycles. The van der Waals surface area contributed by atoms with E-state index in [1.54, 1.807) is 0 Å². The zero-order valence-corrected chi connectivity index (χ0v) is 27.0. The smallest absolute Gasteiger partial charge is 0.221 e. The maximum absolute atomic E-state index is 5.32. The highest BCUT2D eigenvalue weighted by molar-refractivity contribution is 7.25. The molecule has 0 unspecified atom stereocenters. The van der Waals surface area contributed by atoms with Crippen LogP contribution in [0.3, 0.4) is 0 Å². The quantitative estimate of drug-likeness (QED) is 0.192. The van der Waals surface area contributed by atoms with Crippen LogP contribution in [-0.2, 0) is 0 Å². The summed E-state index contributed by atoms with van der Waals surface area (Å²) in [5.74, 6) is 0.835. The van der Waals surface area contributed by atoms with Crippen LogP contribution in [0.15, 0.2) is 158 Å². The molecule has 7 aromatic carbocycles. The van der Waals surface area contributed by atoms with Gasteiger partial charge >= 0.3 is 0 Å². The van der Waals surface area contributed by atoms with Gasteiger partial charge in [0.25, 0.3) is 0 Å². The SMILES string of the molecule is c1ccc(-c2ccc3sc4ccc(-c5ccc6c(c5)c5ccccc5n6-c5nc6ccccc6c6nc7ccccc7n56)cc4c3c2)cc1. The van der Waals surface area contributed by atoms with Crippen LogP contribution in [0.25, 0.3) is 97.8 Å². The molecule has 0 aliphatic rings. The van der Waals surface area contributed by atoms with Gasteiger partial charge in [-0.3, -0.25) is 8.97 Å². The average Bonchev–Trinajstić information content (AvgIpc) is 3.84. The minimum atomic E-state index is 0.835. The Hall–Kier alpha value is -6.30. The number of thiophene rings is 1. The van der Waals surface area contributed by atoms with Crippen LogP contribution in [0, 0.1) is 0 Å². The first kappa shape index (κ1) is 26.7. The summed E-state index contributed by atoms with van der Waals surface area (Å²) in [7, 11) is 0. The lowest BCUT2D eigenvalue weighted by atomic mass is 9.99. The summed E-state index contributed by atoms with van der Waals surface area (Å²) < 4.78 is 7.15. The van der Waals surface area contributed by atoms with Gasteiger partial charge in [0.15, 0.2) is 0 Å². The van der Waals surface area contributed by atoms with Gasteiger partial charge in [0.2, 0.25) is 5.95 Å². The van der Waals surface area contributed by atoms with Crippen molar-refractivity contribution < 1.29 is 0 Å². The predicted molar refractivity (Wildman–Crippen MR) is 206 cm³/mol. The van der Waals surface area contributed by atoms with Crippen molar-refractivity contribution in [1.29, 1.82) is 0 Å². The van der Waals surface area contributed by atoms with Crippen LogP contribution in [0.5, 0.6) is 0 Å². The number of hydrogen-bond donors (Lipinski definition) is 0. The first-order valence-electron chi connectivity index (χ1n) is 16.5. The van der Waals surface area contributed by atoms with Gasteiger partial charge in [-0.05, 0) is 89.0 Å². The van der Waals surface area contributed by atoms with Gasteiger partial charge in [-0.15, -0.1) is 11.3 Å². The zero-order chi connectivity index (χ0) is 32.1. The van der Waals surface area contributed by atoms with E-state index < -0.39 is 0 Å². The fourth-order valence-corrected chi connectivity index (χ4v) is 8.68. The molecule has 5 heteroatoms. The minimum Gasteiger partial charge on any atom is -0.279 e. The Kier molecular flexibility index (Phi) is 5.51. The number of benzene rings is 7. The Balaban J connectivity index is 1.14. The number of aromatic nitrogens is 4. The second-order valence-corrected chi connectivity index (χ2v) is 13.7. The highest BCUT2D eigenvalue weighted by Gasteiger charge is 2.20. The van der Waals surface area contributed by atoms with Crippen molar-refractivity contribution in [3.63, 3.8) is 0 Å². The molecule has 11 rings (SSSR count). The van der Waals surface area contributed by atoms with Crippen molar-refractivity contribution in [2.45, 2.75) is 0 Å². The van der Waals surface area contributed by atoms with Crippen LogP contribution in [0.2, 0.25) is 0 Å². The Morgan fingerprint density at radius 1 is 0.388 bits per heavy atom. The lowest BCUT2D eigenvalue weighted by molar-refractivity contribution is 0.979. The second kappa shape index (κ2) is 10.1. The fraction of sp³-hybridized carbons (Fsp3) is 0. The molecular weight excluding hydrogens is 617 g/mol. The number of rotatable bonds is 3. The van der Waals surface area contributed by atoms with Crippen molar-refractivity contribution in [2.75, 3.05) is 0 Å². The van der Waals surface area contributed by atoms with E-state index >= 15 is 0 Å². The molecule has 0 radical (unpaired) electrons. The third-order valence-corrected chi connectivity index (χ3v) is 11.1. The maximum atomic E-state index is 5.32.